The van der Waals surface area contributed by atoms with Crippen molar-refractivity contribution in [3.05, 3.63) is 63.6 Å². The molecular formula is C20H19Cl2NO3. The molecule has 1 amide bonds. The number of benzene rings is 2. The van der Waals surface area contributed by atoms with Crippen molar-refractivity contribution in [1.82, 2.24) is 4.90 Å². The van der Waals surface area contributed by atoms with Crippen LogP contribution in [-0.2, 0) is 4.79 Å². The highest BCUT2D eigenvalue weighted by molar-refractivity contribution is 6.43. The van der Waals surface area contributed by atoms with E-state index < -0.39 is 0 Å². The van der Waals surface area contributed by atoms with Gasteiger partial charge in [0.15, 0.2) is 5.75 Å². The van der Waals surface area contributed by atoms with Crippen LogP contribution in [0.3, 0.4) is 0 Å². The van der Waals surface area contributed by atoms with Crippen molar-refractivity contribution in [2.45, 2.75) is 19.8 Å². The van der Waals surface area contributed by atoms with Gasteiger partial charge in [-0.15, -0.1) is 0 Å². The summed E-state index contributed by atoms with van der Waals surface area (Å²) in [5.41, 5.74) is 1.66. The number of esters is 1. The molecule has 6 heteroatoms. The highest BCUT2D eigenvalue weighted by Crippen LogP contribution is 2.32. The van der Waals surface area contributed by atoms with Crippen molar-refractivity contribution < 1.29 is 14.3 Å². The summed E-state index contributed by atoms with van der Waals surface area (Å²) in [6.45, 7) is 2.97. The number of nitrogens with zero attached hydrogens (tertiary/aromatic N) is 1. The van der Waals surface area contributed by atoms with Crippen LogP contribution in [0.25, 0.3) is 0 Å². The number of aryl methyl sites for hydroxylation is 1. The summed E-state index contributed by atoms with van der Waals surface area (Å²) in [4.78, 5) is 26.8. The first-order valence-corrected chi connectivity index (χ1v) is 9.23. The summed E-state index contributed by atoms with van der Waals surface area (Å²) < 4.78 is 5.41. The van der Waals surface area contributed by atoms with Gasteiger partial charge in [0, 0.05) is 18.7 Å². The van der Waals surface area contributed by atoms with Crippen molar-refractivity contribution in [2.75, 3.05) is 13.1 Å². The van der Waals surface area contributed by atoms with Crippen LogP contribution in [0, 0.1) is 12.8 Å². The number of carbonyl (C=O) groups excluding carboxylic acids is 2. The number of halogens is 2. The molecule has 0 saturated carbocycles. The van der Waals surface area contributed by atoms with Crippen molar-refractivity contribution in [3.8, 4) is 5.75 Å². The SMILES string of the molecule is Cc1ccccc1C(=O)N1CCC(C(=O)Oc2cccc(Cl)c2Cl)CC1. The highest BCUT2D eigenvalue weighted by Gasteiger charge is 2.30. The Labute approximate surface area is 162 Å². The standard InChI is InChI=1S/C20H19Cl2NO3/c1-13-5-2-3-6-15(13)19(24)23-11-9-14(10-12-23)20(25)26-17-8-4-7-16(21)18(17)22/h2-8,14H,9-12H2,1H3. The van der Waals surface area contributed by atoms with Crippen LogP contribution in [0.1, 0.15) is 28.8 Å². The minimum atomic E-state index is -0.336. The normalized spacial score (nSPS) is 15.0. The van der Waals surface area contributed by atoms with E-state index in [0.717, 1.165) is 5.56 Å². The minimum absolute atomic E-state index is 0.00722. The fourth-order valence-electron chi connectivity index (χ4n) is 3.06. The van der Waals surface area contributed by atoms with E-state index in [2.05, 4.69) is 0 Å². The number of likely N-dealkylation sites (tertiary alicyclic amines) is 1. The number of hydrogen-bond acceptors (Lipinski definition) is 3. The molecule has 136 valence electrons. The van der Waals surface area contributed by atoms with Gasteiger partial charge in [0.2, 0.25) is 0 Å². The summed E-state index contributed by atoms with van der Waals surface area (Å²) in [7, 11) is 0. The third kappa shape index (κ3) is 4.02. The Hall–Kier alpha value is -2.04. The Morgan fingerprint density at radius 3 is 2.42 bits per heavy atom. The van der Waals surface area contributed by atoms with Crippen molar-refractivity contribution >= 4 is 35.1 Å². The van der Waals surface area contributed by atoms with E-state index in [1.54, 1.807) is 23.1 Å². The van der Waals surface area contributed by atoms with E-state index in [1.807, 2.05) is 31.2 Å². The van der Waals surface area contributed by atoms with Crippen LogP contribution in [0.15, 0.2) is 42.5 Å². The van der Waals surface area contributed by atoms with Crippen LogP contribution in [0.5, 0.6) is 5.75 Å². The molecule has 0 unspecified atom stereocenters. The molecule has 0 radical (unpaired) electrons. The smallest absolute Gasteiger partial charge is 0.314 e. The quantitative estimate of drug-likeness (QED) is 0.559. The molecule has 1 saturated heterocycles. The molecular weight excluding hydrogens is 373 g/mol. The molecule has 26 heavy (non-hydrogen) atoms. The van der Waals surface area contributed by atoms with Crippen LogP contribution in [0.4, 0.5) is 0 Å². The molecule has 4 nitrogen and oxygen atoms in total. The molecule has 2 aromatic carbocycles. The number of ether oxygens (including phenoxy) is 1. The summed E-state index contributed by atoms with van der Waals surface area (Å²) in [5, 5.41) is 0.574. The number of rotatable bonds is 3. The molecule has 2 aromatic rings. The second-order valence-electron chi connectivity index (χ2n) is 6.35. The third-order valence-electron chi connectivity index (χ3n) is 4.62. The van der Waals surface area contributed by atoms with Gasteiger partial charge in [0.05, 0.1) is 10.9 Å². The molecule has 0 atom stereocenters. The van der Waals surface area contributed by atoms with Gasteiger partial charge in [-0.1, -0.05) is 47.5 Å². The molecule has 0 aromatic heterocycles. The molecule has 1 aliphatic rings. The van der Waals surface area contributed by atoms with Gasteiger partial charge in [-0.3, -0.25) is 9.59 Å². The highest BCUT2D eigenvalue weighted by atomic mass is 35.5. The topological polar surface area (TPSA) is 46.6 Å². The van der Waals surface area contributed by atoms with E-state index >= 15 is 0 Å². The summed E-state index contributed by atoms with van der Waals surface area (Å²) >= 11 is 12.0. The van der Waals surface area contributed by atoms with Gasteiger partial charge in [-0.05, 0) is 43.5 Å². The van der Waals surface area contributed by atoms with Gasteiger partial charge in [0.1, 0.15) is 5.02 Å². The monoisotopic (exact) mass is 391 g/mol. The fourth-order valence-corrected chi connectivity index (χ4v) is 3.39. The molecule has 0 N–H and O–H groups in total. The molecule has 1 heterocycles. The summed E-state index contributed by atoms with van der Waals surface area (Å²) in [6, 6.07) is 12.5. The number of piperidine rings is 1. The van der Waals surface area contributed by atoms with Crippen LogP contribution in [0.2, 0.25) is 10.0 Å². The Morgan fingerprint density at radius 1 is 1.04 bits per heavy atom. The largest absolute Gasteiger partial charge is 0.425 e. The van der Waals surface area contributed by atoms with Gasteiger partial charge >= 0.3 is 5.97 Å². The lowest BCUT2D eigenvalue weighted by atomic mass is 9.96. The zero-order valence-corrected chi connectivity index (χ0v) is 15.9. The second-order valence-corrected chi connectivity index (χ2v) is 7.14. The fraction of sp³-hybridized carbons (Fsp3) is 0.300. The van der Waals surface area contributed by atoms with Gasteiger partial charge in [-0.25, -0.2) is 0 Å². The Kier molecular flexibility index (Phi) is 5.84. The lowest BCUT2D eigenvalue weighted by Crippen LogP contribution is -2.41. The van der Waals surface area contributed by atoms with E-state index in [4.69, 9.17) is 27.9 Å². The minimum Gasteiger partial charge on any atom is -0.425 e. The Morgan fingerprint density at radius 2 is 1.73 bits per heavy atom. The summed E-state index contributed by atoms with van der Waals surface area (Å²) in [6.07, 6.45) is 1.13. The molecule has 1 fully saturated rings. The maximum absolute atomic E-state index is 12.6. The summed E-state index contributed by atoms with van der Waals surface area (Å²) in [5.74, 6) is -0.321. The predicted octanol–water partition coefficient (Wildman–Crippen LogP) is 4.76. The lowest BCUT2D eigenvalue weighted by molar-refractivity contribution is -0.140. The molecule has 0 bridgehead atoms. The number of carbonyl (C=O) groups is 2. The Balaban J connectivity index is 1.60. The first-order chi connectivity index (χ1) is 12.5. The van der Waals surface area contributed by atoms with E-state index in [1.165, 1.54) is 0 Å². The molecule has 3 rings (SSSR count). The lowest BCUT2D eigenvalue weighted by Gasteiger charge is -2.31. The van der Waals surface area contributed by atoms with Crippen molar-refractivity contribution in [1.29, 1.82) is 0 Å². The average Bonchev–Trinajstić information content (AvgIpc) is 2.65. The average molecular weight is 392 g/mol. The number of hydrogen-bond donors (Lipinski definition) is 0. The zero-order chi connectivity index (χ0) is 18.7. The third-order valence-corrected chi connectivity index (χ3v) is 5.42. The van der Waals surface area contributed by atoms with Crippen molar-refractivity contribution in [2.24, 2.45) is 5.92 Å². The van der Waals surface area contributed by atoms with Crippen LogP contribution < -0.4 is 4.74 Å². The second kappa shape index (κ2) is 8.11. The van der Waals surface area contributed by atoms with E-state index in [9.17, 15) is 9.59 Å². The first kappa shape index (κ1) is 18.7. The molecule has 0 spiro atoms. The van der Waals surface area contributed by atoms with Crippen LogP contribution >= 0.6 is 23.2 Å². The van der Waals surface area contributed by atoms with Gasteiger partial charge in [0.25, 0.3) is 5.91 Å². The maximum atomic E-state index is 12.6. The van der Waals surface area contributed by atoms with E-state index in [0.29, 0.717) is 36.5 Å². The maximum Gasteiger partial charge on any atom is 0.314 e. The first-order valence-electron chi connectivity index (χ1n) is 8.48. The molecule has 1 aliphatic heterocycles. The van der Waals surface area contributed by atoms with Crippen LogP contribution in [-0.4, -0.2) is 29.9 Å². The van der Waals surface area contributed by atoms with Gasteiger partial charge < -0.3 is 9.64 Å². The van der Waals surface area contributed by atoms with E-state index in [-0.39, 0.29) is 28.6 Å². The van der Waals surface area contributed by atoms with Gasteiger partial charge in [-0.2, -0.15) is 0 Å². The molecule has 0 aliphatic carbocycles. The predicted molar refractivity (Wildman–Crippen MR) is 102 cm³/mol. The number of amides is 1. The Bertz CT molecular complexity index is 830. The zero-order valence-electron chi connectivity index (χ0n) is 14.4. The van der Waals surface area contributed by atoms with Crippen molar-refractivity contribution in [3.63, 3.8) is 0 Å².